The van der Waals surface area contributed by atoms with Gasteiger partial charge < -0.3 is 19.2 Å². The molecule has 0 bridgehead atoms. The lowest BCUT2D eigenvalue weighted by Crippen LogP contribution is -2.00. The van der Waals surface area contributed by atoms with Crippen LogP contribution in [0.3, 0.4) is 0 Å². The molecule has 16 nitrogen and oxygen atoms in total. The van der Waals surface area contributed by atoms with Gasteiger partial charge in [0.2, 0.25) is 0 Å². The van der Waals surface area contributed by atoms with Crippen molar-refractivity contribution in [3.8, 4) is 33.8 Å². The van der Waals surface area contributed by atoms with Gasteiger partial charge in [0.25, 0.3) is 0 Å². The number of ketones is 4. The highest BCUT2D eigenvalue weighted by Crippen LogP contribution is 2.18. The average molecular weight is 1030 g/mol. The van der Waals surface area contributed by atoms with Crippen LogP contribution in [0.5, 0.6) is 0 Å². The Labute approximate surface area is 446 Å². The van der Waals surface area contributed by atoms with E-state index in [1.807, 2.05) is 118 Å². The highest BCUT2D eigenvalue weighted by molar-refractivity contribution is 5.76. The van der Waals surface area contributed by atoms with Crippen LogP contribution in [0.25, 0.3) is 33.8 Å². The number of benzene rings is 4. The predicted octanol–water partition coefficient (Wildman–Crippen LogP) is 11.7. The lowest BCUT2D eigenvalue weighted by molar-refractivity contribution is -0.118. The van der Waals surface area contributed by atoms with Crippen LogP contribution in [0, 0.1) is 5.82 Å². The van der Waals surface area contributed by atoms with Crippen LogP contribution in [0.15, 0.2) is 140 Å². The topological polar surface area (TPSA) is 191 Å². The molecule has 0 amide bonds. The van der Waals surface area contributed by atoms with E-state index in [0.717, 1.165) is 136 Å². The molecule has 0 N–H and O–H groups in total. The Bertz CT molecular complexity index is 2900. The number of carbonyl (C=O) groups is 4. The maximum Gasteiger partial charge on any atom is 0.129 e. The molecule has 0 aliphatic rings. The fraction of sp³-hybridized carbons (Fsp3) is 0.390. The van der Waals surface area contributed by atoms with Gasteiger partial charge in [0.1, 0.15) is 46.0 Å². The summed E-state index contributed by atoms with van der Waals surface area (Å²) in [7, 11) is 0. The average Bonchev–Trinajstić information content (AvgIpc) is 4.28. The third-order valence-corrected chi connectivity index (χ3v) is 11.9. The number of hydrogen-bond acceptors (Lipinski definition) is 12. The summed E-state index contributed by atoms with van der Waals surface area (Å²) in [5.41, 5.74) is 7.79. The van der Waals surface area contributed by atoms with Gasteiger partial charge in [-0.3, -0.25) is 18.7 Å². The van der Waals surface area contributed by atoms with Crippen LogP contribution in [0.4, 0.5) is 4.39 Å². The number of halogens is 1. The number of aromatic nitrogens is 12. The quantitative estimate of drug-likeness (QED) is 0.0443. The Morgan fingerprint density at radius 3 is 1.07 bits per heavy atom. The van der Waals surface area contributed by atoms with E-state index in [0.29, 0.717) is 25.7 Å². The van der Waals surface area contributed by atoms with Gasteiger partial charge in [-0.25, -0.2) is 4.39 Å². The highest BCUT2D eigenvalue weighted by Gasteiger charge is 2.07. The molecule has 0 fully saturated rings. The Morgan fingerprint density at radius 2 is 0.684 bits per heavy atom. The van der Waals surface area contributed by atoms with Gasteiger partial charge in [-0.2, -0.15) is 0 Å². The standard InChI is InChI=1S/C15H18FN3O.2C15H19N3O.C14H17N3O/c1-12(20)5-3-2-4-10-19-11-15(17-18-19)13-6-8-14(16)9-7-13;1-13(19)8-4-3-7-11-18-12-15(16-17-18)14-9-5-2-6-10-14;1-13(19)7-5-6-10-18-12-15(16-17-18)11-14-8-3-2-4-9-14;1-12(18)7-5-6-10-17-11-14(15-16-17)13-8-3-2-4-9-13/h6-9,11H,2-5,10H2,1H3;2,5-6,9-10,12H,3-4,7-8,11H2,1H3;2-4,8-9,12H,5-7,10-11H2,1H3;2-4,8-9,11H,5-7,10H2,1H3. The first-order valence-electron chi connectivity index (χ1n) is 26.4. The predicted molar refractivity (Wildman–Crippen MR) is 293 cm³/mol. The van der Waals surface area contributed by atoms with Crippen molar-refractivity contribution in [2.24, 2.45) is 0 Å². The van der Waals surface area contributed by atoms with E-state index in [9.17, 15) is 23.6 Å². The number of unbranched alkanes of at least 4 members (excludes halogenated alkanes) is 6. The minimum absolute atomic E-state index is 0.240. The van der Waals surface area contributed by atoms with Crippen molar-refractivity contribution in [3.63, 3.8) is 0 Å². The largest absolute Gasteiger partial charge is 0.300 e. The zero-order valence-corrected chi connectivity index (χ0v) is 44.6. The van der Waals surface area contributed by atoms with E-state index in [1.54, 1.807) is 44.5 Å². The van der Waals surface area contributed by atoms with E-state index in [1.165, 1.54) is 17.7 Å². The van der Waals surface area contributed by atoms with Gasteiger partial charge in [-0.1, -0.05) is 125 Å². The molecule has 0 atom stereocenters. The zero-order chi connectivity index (χ0) is 54.2. The smallest absolute Gasteiger partial charge is 0.129 e. The second kappa shape index (κ2) is 33.8. The number of nitrogens with zero attached hydrogens (tertiary/aromatic N) is 12. The summed E-state index contributed by atoms with van der Waals surface area (Å²) in [5.74, 6) is 0.755. The van der Waals surface area contributed by atoms with Gasteiger partial charge in [0.15, 0.2) is 0 Å². The molecule has 0 saturated carbocycles. The summed E-state index contributed by atoms with van der Waals surface area (Å²) in [6.45, 7) is 9.80. The normalized spacial score (nSPS) is 10.6. The van der Waals surface area contributed by atoms with E-state index in [4.69, 9.17) is 0 Å². The molecule has 0 radical (unpaired) electrons. The first-order chi connectivity index (χ1) is 36.9. The zero-order valence-electron chi connectivity index (χ0n) is 44.6. The lowest BCUT2D eigenvalue weighted by Gasteiger charge is -1.99. The molecule has 4 heterocycles. The summed E-state index contributed by atoms with van der Waals surface area (Å²) in [6.07, 6.45) is 20.9. The summed E-state index contributed by atoms with van der Waals surface area (Å²) in [6, 6.07) is 36.5. The Kier molecular flexibility index (Phi) is 26.2. The second-order valence-corrected chi connectivity index (χ2v) is 18.8. The first-order valence-corrected chi connectivity index (χ1v) is 26.4. The molecule has 8 aromatic rings. The van der Waals surface area contributed by atoms with Crippen LogP contribution in [0.2, 0.25) is 0 Å². The minimum Gasteiger partial charge on any atom is -0.300 e. The van der Waals surface area contributed by atoms with Crippen molar-refractivity contribution in [2.45, 2.75) is 150 Å². The van der Waals surface area contributed by atoms with E-state index in [2.05, 4.69) is 53.4 Å². The van der Waals surface area contributed by atoms with Gasteiger partial charge >= 0.3 is 0 Å². The van der Waals surface area contributed by atoms with Crippen molar-refractivity contribution in [2.75, 3.05) is 0 Å². The van der Waals surface area contributed by atoms with Crippen molar-refractivity contribution >= 4 is 23.1 Å². The van der Waals surface area contributed by atoms with E-state index >= 15 is 0 Å². The molecule has 0 unspecified atom stereocenters. The van der Waals surface area contributed by atoms with E-state index < -0.39 is 0 Å². The third kappa shape index (κ3) is 23.9. The molecule has 4 aromatic carbocycles. The Balaban J connectivity index is 0.000000187. The fourth-order valence-electron chi connectivity index (χ4n) is 7.74. The summed E-state index contributed by atoms with van der Waals surface area (Å²) in [5, 5.41) is 33.0. The van der Waals surface area contributed by atoms with Crippen molar-refractivity contribution in [3.05, 3.63) is 157 Å². The second-order valence-electron chi connectivity index (χ2n) is 18.8. The van der Waals surface area contributed by atoms with Gasteiger partial charge in [-0.05, 0) is 109 Å². The fourth-order valence-corrected chi connectivity index (χ4v) is 7.74. The number of carbonyl (C=O) groups excluding carboxylic acids is 4. The monoisotopic (exact) mass is 1030 g/mol. The number of aryl methyl sites for hydroxylation is 4. The molecular formula is C59H73FN12O4. The maximum absolute atomic E-state index is 12.8. The molecule has 0 spiro atoms. The lowest BCUT2D eigenvalue weighted by atomic mass is 10.1. The summed E-state index contributed by atoms with van der Waals surface area (Å²) >= 11 is 0. The highest BCUT2D eigenvalue weighted by atomic mass is 19.1. The van der Waals surface area contributed by atoms with Gasteiger partial charge in [-0.15, -0.1) is 20.4 Å². The minimum atomic E-state index is -0.258. The SMILES string of the molecule is CC(=O)CCCCCn1cc(-c2ccc(F)cc2)nn1.CC(=O)CCCCCn1cc(-c2ccccc2)nn1.CC(=O)CCCCn1cc(-c2ccccc2)nn1.CC(=O)CCCCn1cc(Cc2ccccc2)nn1. The van der Waals surface area contributed by atoms with Gasteiger partial charge in [0.05, 0.1) is 24.3 Å². The number of hydrogen-bond donors (Lipinski definition) is 0. The molecular weight excluding hydrogens is 960 g/mol. The first kappa shape index (κ1) is 58.9. The van der Waals surface area contributed by atoms with Crippen LogP contribution < -0.4 is 0 Å². The summed E-state index contributed by atoms with van der Waals surface area (Å²) in [4.78, 5) is 43.3. The number of rotatable bonds is 27. The molecule has 17 heteroatoms. The summed E-state index contributed by atoms with van der Waals surface area (Å²) < 4.78 is 20.2. The van der Waals surface area contributed by atoms with Crippen molar-refractivity contribution in [1.82, 2.24) is 60.0 Å². The van der Waals surface area contributed by atoms with Crippen LogP contribution in [-0.4, -0.2) is 83.1 Å². The van der Waals surface area contributed by atoms with Crippen molar-refractivity contribution in [1.29, 1.82) is 0 Å². The van der Waals surface area contributed by atoms with Crippen LogP contribution >= 0.6 is 0 Å². The molecule has 0 aliphatic heterocycles. The van der Waals surface area contributed by atoms with Crippen LogP contribution in [0.1, 0.15) is 129 Å². The van der Waals surface area contributed by atoms with E-state index in [-0.39, 0.29) is 29.0 Å². The Hall–Kier alpha value is -7.95. The molecule has 8 rings (SSSR count). The molecule has 0 saturated heterocycles. The third-order valence-electron chi connectivity index (χ3n) is 11.9. The molecule has 76 heavy (non-hydrogen) atoms. The molecule has 4 aromatic heterocycles. The van der Waals surface area contributed by atoms with Crippen LogP contribution in [-0.2, 0) is 51.8 Å². The molecule has 400 valence electrons. The van der Waals surface area contributed by atoms with Crippen molar-refractivity contribution < 1.29 is 23.6 Å². The van der Waals surface area contributed by atoms with Gasteiger partial charge in [0, 0.05) is 81.2 Å². The Morgan fingerprint density at radius 1 is 0.368 bits per heavy atom. The number of Topliss-reactive ketones (excluding diaryl/α,β-unsaturated/α-hetero) is 4. The molecule has 0 aliphatic carbocycles. The maximum atomic E-state index is 12.8.